The second-order valence-electron chi connectivity index (χ2n) is 5.40. The Bertz CT molecular complexity index is 413. The van der Waals surface area contributed by atoms with Crippen LogP contribution >= 0.6 is 11.6 Å². The van der Waals surface area contributed by atoms with Crippen molar-refractivity contribution in [3.8, 4) is 0 Å². The van der Waals surface area contributed by atoms with E-state index < -0.39 is 5.97 Å². The van der Waals surface area contributed by atoms with Crippen molar-refractivity contribution < 1.29 is 9.90 Å². The summed E-state index contributed by atoms with van der Waals surface area (Å²) in [7, 11) is 0. The van der Waals surface area contributed by atoms with Gasteiger partial charge in [0, 0.05) is 5.02 Å². The zero-order chi connectivity index (χ0) is 13.1. The zero-order valence-corrected chi connectivity index (χ0v) is 11.4. The Balaban J connectivity index is 2.22. The molecule has 0 aliphatic heterocycles. The molecule has 0 saturated heterocycles. The maximum atomic E-state index is 11.6. The highest BCUT2D eigenvalue weighted by molar-refractivity contribution is 6.30. The van der Waals surface area contributed by atoms with Crippen molar-refractivity contribution in [2.45, 2.75) is 38.5 Å². The summed E-state index contributed by atoms with van der Waals surface area (Å²) in [5.41, 5.74) is 0.881. The Kier molecular flexibility index (Phi) is 4.28. The number of hydrogen-bond acceptors (Lipinski definition) is 1. The molecule has 1 aromatic rings. The zero-order valence-electron chi connectivity index (χ0n) is 10.6. The molecular weight excluding hydrogens is 248 g/mol. The molecule has 0 bridgehead atoms. The fourth-order valence-corrected chi connectivity index (χ4v) is 3.20. The molecule has 1 fully saturated rings. The lowest BCUT2D eigenvalue weighted by molar-refractivity contribution is -0.140. The maximum Gasteiger partial charge on any atom is 0.311 e. The molecule has 0 radical (unpaired) electrons. The predicted octanol–water partition coefficient (Wildman–Crippen LogP) is 4.33. The number of rotatable bonds is 3. The molecule has 1 aromatic carbocycles. The minimum Gasteiger partial charge on any atom is -0.481 e. The van der Waals surface area contributed by atoms with Gasteiger partial charge in [-0.15, -0.1) is 0 Å². The first kappa shape index (κ1) is 13.4. The number of benzene rings is 1. The van der Waals surface area contributed by atoms with E-state index in [4.69, 9.17) is 11.6 Å². The second kappa shape index (κ2) is 5.75. The third kappa shape index (κ3) is 3.05. The van der Waals surface area contributed by atoms with Crippen LogP contribution in [0, 0.1) is 11.8 Å². The standard InChI is InChI=1S/C15H19ClO2/c1-10-3-2-4-12(9-10)14(15(17)18)11-5-7-13(16)8-6-11/h5-8,10,12,14H,2-4,9H2,1H3,(H,17,18). The van der Waals surface area contributed by atoms with Crippen LogP contribution in [0.4, 0.5) is 0 Å². The van der Waals surface area contributed by atoms with Crippen molar-refractivity contribution in [3.63, 3.8) is 0 Å². The molecule has 0 heterocycles. The van der Waals surface area contributed by atoms with Gasteiger partial charge in [0.1, 0.15) is 0 Å². The molecule has 0 spiro atoms. The van der Waals surface area contributed by atoms with Crippen molar-refractivity contribution in [3.05, 3.63) is 34.9 Å². The van der Waals surface area contributed by atoms with Crippen LogP contribution in [0.25, 0.3) is 0 Å². The molecule has 2 rings (SSSR count). The Morgan fingerprint density at radius 3 is 2.56 bits per heavy atom. The molecule has 3 unspecified atom stereocenters. The third-order valence-electron chi connectivity index (χ3n) is 3.94. The van der Waals surface area contributed by atoms with Crippen molar-refractivity contribution in [1.29, 1.82) is 0 Å². The van der Waals surface area contributed by atoms with E-state index in [9.17, 15) is 9.90 Å². The minimum absolute atomic E-state index is 0.257. The summed E-state index contributed by atoms with van der Waals surface area (Å²) in [5, 5.41) is 10.2. The van der Waals surface area contributed by atoms with Gasteiger partial charge in [0.15, 0.2) is 0 Å². The van der Waals surface area contributed by atoms with Gasteiger partial charge in [-0.2, -0.15) is 0 Å². The number of halogens is 1. The highest BCUT2D eigenvalue weighted by Crippen LogP contribution is 2.38. The monoisotopic (exact) mass is 266 g/mol. The van der Waals surface area contributed by atoms with Crippen LogP contribution in [0.1, 0.15) is 44.1 Å². The summed E-state index contributed by atoms with van der Waals surface area (Å²) >= 11 is 5.86. The van der Waals surface area contributed by atoms with Crippen molar-refractivity contribution >= 4 is 17.6 Å². The fourth-order valence-electron chi connectivity index (χ4n) is 3.07. The van der Waals surface area contributed by atoms with E-state index in [0.29, 0.717) is 10.9 Å². The number of carboxylic acid groups (broad SMARTS) is 1. The lowest BCUT2D eigenvalue weighted by Gasteiger charge is -2.31. The van der Waals surface area contributed by atoms with Crippen molar-refractivity contribution in [2.75, 3.05) is 0 Å². The Labute approximate surface area is 113 Å². The highest BCUT2D eigenvalue weighted by Gasteiger charge is 2.32. The lowest BCUT2D eigenvalue weighted by atomic mass is 9.73. The fraction of sp³-hybridized carbons (Fsp3) is 0.533. The molecule has 3 atom stereocenters. The Morgan fingerprint density at radius 1 is 1.33 bits per heavy atom. The minimum atomic E-state index is -0.712. The predicted molar refractivity (Wildman–Crippen MR) is 73.0 cm³/mol. The molecule has 1 N–H and O–H groups in total. The first-order valence-electron chi connectivity index (χ1n) is 6.56. The average molecular weight is 267 g/mol. The first-order valence-corrected chi connectivity index (χ1v) is 6.94. The van der Waals surface area contributed by atoms with Crippen molar-refractivity contribution in [2.24, 2.45) is 11.8 Å². The number of carbonyl (C=O) groups is 1. The van der Waals surface area contributed by atoms with Gasteiger partial charge in [-0.3, -0.25) is 4.79 Å². The van der Waals surface area contributed by atoms with E-state index in [1.54, 1.807) is 12.1 Å². The SMILES string of the molecule is CC1CCCC(C(C(=O)O)c2ccc(Cl)cc2)C1. The van der Waals surface area contributed by atoms with E-state index >= 15 is 0 Å². The van der Waals surface area contributed by atoms with E-state index in [1.807, 2.05) is 12.1 Å². The number of carboxylic acids is 1. The van der Waals surface area contributed by atoms with Gasteiger partial charge in [-0.25, -0.2) is 0 Å². The summed E-state index contributed by atoms with van der Waals surface area (Å²) in [6.07, 6.45) is 4.40. The van der Waals surface area contributed by atoms with Gasteiger partial charge >= 0.3 is 5.97 Å². The molecule has 1 saturated carbocycles. The summed E-state index contributed by atoms with van der Waals surface area (Å²) in [6, 6.07) is 7.25. The van der Waals surface area contributed by atoms with Gasteiger partial charge in [0.05, 0.1) is 5.92 Å². The lowest BCUT2D eigenvalue weighted by Crippen LogP contribution is -2.26. The topological polar surface area (TPSA) is 37.3 Å². The van der Waals surface area contributed by atoms with E-state index in [1.165, 1.54) is 6.42 Å². The molecule has 3 heteroatoms. The Morgan fingerprint density at radius 2 is 2.00 bits per heavy atom. The van der Waals surface area contributed by atoms with Crippen LogP contribution in [0.3, 0.4) is 0 Å². The molecule has 98 valence electrons. The van der Waals surface area contributed by atoms with Gasteiger partial charge in [-0.05, 0) is 42.4 Å². The summed E-state index contributed by atoms with van der Waals surface area (Å²) < 4.78 is 0. The molecular formula is C15H19ClO2. The molecule has 2 nitrogen and oxygen atoms in total. The van der Waals surface area contributed by atoms with Crippen LogP contribution in [0.2, 0.25) is 5.02 Å². The quantitative estimate of drug-likeness (QED) is 0.884. The van der Waals surface area contributed by atoms with Crippen molar-refractivity contribution in [1.82, 2.24) is 0 Å². The van der Waals surface area contributed by atoms with Crippen LogP contribution in [0.5, 0.6) is 0 Å². The molecule has 1 aliphatic carbocycles. The number of hydrogen-bond donors (Lipinski definition) is 1. The molecule has 0 aromatic heterocycles. The normalized spacial score (nSPS) is 25.7. The number of aliphatic carboxylic acids is 1. The second-order valence-corrected chi connectivity index (χ2v) is 5.84. The Hall–Kier alpha value is -1.02. The third-order valence-corrected chi connectivity index (χ3v) is 4.20. The summed E-state index contributed by atoms with van der Waals surface area (Å²) in [5.74, 6) is -0.202. The smallest absolute Gasteiger partial charge is 0.311 e. The van der Waals surface area contributed by atoms with Gasteiger partial charge < -0.3 is 5.11 Å². The van der Waals surface area contributed by atoms with Gasteiger partial charge in [-0.1, -0.05) is 43.5 Å². The van der Waals surface area contributed by atoms with Crippen LogP contribution in [0.15, 0.2) is 24.3 Å². The van der Waals surface area contributed by atoms with E-state index in [-0.39, 0.29) is 11.8 Å². The average Bonchev–Trinajstić information content (AvgIpc) is 2.32. The summed E-state index contributed by atoms with van der Waals surface area (Å²) in [6.45, 7) is 2.22. The van der Waals surface area contributed by atoms with Crippen LogP contribution < -0.4 is 0 Å². The van der Waals surface area contributed by atoms with E-state index in [0.717, 1.165) is 24.8 Å². The van der Waals surface area contributed by atoms with E-state index in [2.05, 4.69) is 6.92 Å². The van der Waals surface area contributed by atoms with Gasteiger partial charge in [0.2, 0.25) is 0 Å². The van der Waals surface area contributed by atoms with Gasteiger partial charge in [0.25, 0.3) is 0 Å². The molecule has 1 aliphatic rings. The molecule has 0 amide bonds. The summed E-state index contributed by atoms with van der Waals surface area (Å²) in [4.78, 5) is 11.6. The highest BCUT2D eigenvalue weighted by atomic mass is 35.5. The maximum absolute atomic E-state index is 11.6. The van der Waals surface area contributed by atoms with Crippen LogP contribution in [-0.4, -0.2) is 11.1 Å². The molecule has 18 heavy (non-hydrogen) atoms. The van der Waals surface area contributed by atoms with Crippen LogP contribution in [-0.2, 0) is 4.79 Å². The largest absolute Gasteiger partial charge is 0.481 e. The first-order chi connectivity index (χ1) is 8.58.